The number of methoxy groups -OCH3 is 2. The van der Waals surface area contributed by atoms with Gasteiger partial charge >= 0.3 is 0 Å². The molecule has 2 rings (SSSR count). The SMILES string of the molecule is CNC(COc1c(OC)cccc1OC)C1CCCC1. The second-order valence-corrected chi connectivity index (χ2v) is 5.24. The summed E-state index contributed by atoms with van der Waals surface area (Å²) in [5.74, 6) is 2.83. The second kappa shape index (κ2) is 7.39. The lowest BCUT2D eigenvalue weighted by atomic mass is 9.99. The first-order valence-electron chi connectivity index (χ1n) is 7.31. The van der Waals surface area contributed by atoms with Crippen LogP contribution in [-0.2, 0) is 0 Å². The van der Waals surface area contributed by atoms with Crippen LogP contribution in [-0.4, -0.2) is 33.9 Å². The number of nitrogens with one attached hydrogen (secondary N) is 1. The molecule has 1 aliphatic rings. The fourth-order valence-corrected chi connectivity index (χ4v) is 2.95. The molecule has 0 aromatic heterocycles. The molecule has 1 aromatic carbocycles. The minimum atomic E-state index is 0.382. The van der Waals surface area contributed by atoms with E-state index in [1.807, 2.05) is 25.2 Å². The van der Waals surface area contributed by atoms with E-state index in [0.29, 0.717) is 35.8 Å². The van der Waals surface area contributed by atoms with Crippen LogP contribution in [0.5, 0.6) is 17.2 Å². The van der Waals surface area contributed by atoms with Gasteiger partial charge in [-0.3, -0.25) is 0 Å². The van der Waals surface area contributed by atoms with E-state index in [1.165, 1.54) is 25.7 Å². The molecule has 1 unspecified atom stereocenters. The van der Waals surface area contributed by atoms with Gasteiger partial charge in [-0.15, -0.1) is 0 Å². The monoisotopic (exact) mass is 279 g/mol. The molecule has 0 aliphatic heterocycles. The summed E-state index contributed by atoms with van der Waals surface area (Å²) in [5, 5.41) is 3.38. The molecule has 1 aromatic rings. The maximum absolute atomic E-state index is 6.00. The molecule has 1 atom stereocenters. The normalized spacial score (nSPS) is 16.9. The van der Waals surface area contributed by atoms with Gasteiger partial charge in [-0.2, -0.15) is 0 Å². The minimum absolute atomic E-state index is 0.382. The molecule has 112 valence electrons. The Bertz CT molecular complexity index is 394. The molecule has 0 amide bonds. The number of rotatable bonds is 7. The first-order chi connectivity index (χ1) is 9.80. The molecular formula is C16H25NO3. The summed E-state index contributed by atoms with van der Waals surface area (Å²) in [6.07, 6.45) is 5.25. The molecule has 0 radical (unpaired) electrons. The number of para-hydroxylation sites is 1. The van der Waals surface area contributed by atoms with E-state index >= 15 is 0 Å². The fourth-order valence-electron chi connectivity index (χ4n) is 2.95. The van der Waals surface area contributed by atoms with Crippen molar-refractivity contribution in [1.29, 1.82) is 0 Å². The van der Waals surface area contributed by atoms with Gasteiger partial charge in [0, 0.05) is 6.04 Å². The highest BCUT2D eigenvalue weighted by molar-refractivity contribution is 5.51. The highest BCUT2D eigenvalue weighted by atomic mass is 16.5. The third-order valence-electron chi connectivity index (χ3n) is 4.13. The predicted molar refractivity (Wildman–Crippen MR) is 79.8 cm³/mol. The molecule has 20 heavy (non-hydrogen) atoms. The quantitative estimate of drug-likeness (QED) is 0.833. The molecule has 0 bridgehead atoms. The fraction of sp³-hybridized carbons (Fsp3) is 0.625. The molecule has 0 spiro atoms. The Balaban J connectivity index is 2.05. The lowest BCUT2D eigenvalue weighted by Gasteiger charge is -2.24. The van der Waals surface area contributed by atoms with Gasteiger partial charge in [-0.05, 0) is 37.9 Å². The van der Waals surface area contributed by atoms with Crippen LogP contribution in [0.4, 0.5) is 0 Å². The molecule has 4 heteroatoms. The first kappa shape index (κ1) is 15.0. The van der Waals surface area contributed by atoms with Crippen molar-refractivity contribution in [1.82, 2.24) is 5.32 Å². The summed E-state index contributed by atoms with van der Waals surface area (Å²) in [6, 6.07) is 6.06. The van der Waals surface area contributed by atoms with Crippen molar-refractivity contribution in [3.8, 4) is 17.2 Å². The van der Waals surface area contributed by atoms with E-state index in [9.17, 15) is 0 Å². The van der Waals surface area contributed by atoms with E-state index in [1.54, 1.807) is 14.2 Å². The lowest BCUT2D eigenvalue weighted by molar-refractivity contribution is 0.209. The van der Waals surface area contributed by atoms with Gasteiger partial charge in [-0.1, -0.05) is 18.9 Å². The smallest absolute Gasteiger partial charge is 0.203 e. The van der Waals surface area contributed by atoms with Gasteiger partial charge < -0.3 is 19.5 Å². The molecule has 0 heterocycles. The van der Waals surface area contributed by atoms with Crippen LogP contribution < -0.4 is 19.5 Å². The van der Waals surface area contributed by atoms with Crippen LogP contribution in [0, 0.1) is 5.92 Å². The van der Waals surface area contributed by atoms with Crippen molar-refractivity contribution in [2.45, 2.75) is 31.7 Å². The van der Waals surface area contributed by atoms with E-state index in [2.05, 4.69) is 5.32 Å². The summed E-state index contributed by atoms with van der Waals surface area (Å²) in [4.78, 5) is 0. The van der Waals surface area contributed by atoms with Crippen molar-refractivity contribution in [3.63, 3.8) is 0 Å². The van der Waals surface area contributed by atoms with Crippen molar-refractivity contribution < 1.29 is 14.2 Å². The van der Waals surface area contributed by atoms with E-state index in [4.69, 9.17) is 14.2 Å². The number of benzene rings is 1. The average Bonchev–Trinajstić information content (AvgIpc) is 3.02. The topological polar surface area (TPSA) is 39.7 Å². The Labute approximate surface area is 121 Å². The largest absolute Gasteiger partial charge is 0.493 e. The molecular weight excluding hydrogens is 254 g/mol. The second-order valence-electron chi connectivity index (χ2n) is 5.24. The Morgan fingerprint density at radius 2 is 1.75 bits per heavy atom. The highest BCUT2D eigenvalue weighted by Crippen LogP contribution is 2.37. The van der Waals surface area contributed by atoms with E-state index < -0.39 is 0 Å². The van der Waals surface area contributed by atoms with Gasteiger partial charge in [-0.25, -0.2) is 0 Å². The van der Waals surface area contributed by atoms with Gasteiger partial charge in [0.15, 0.2) is 11.5 Å². The van der Waals surface area contributed by atoms with E-state index in [0.717, 1.165) is 0 Å². The summed E-state index contributed by atoms with van der Waals surface area (Å²) < 4.78 is 16.7. The predicted octanol–water partition coefficient (Wildman–Crippen LogP) is 2.86. The molecule has 1 saturated carbocycles. The first-order valence-corrected chi connectivity index (χ1v) is 7.31. The van der Waals surface area contributed by atoms with Crippen molar-refractivity contribution in [2.75, 3.05) is 27.9 Å². The Morgan fingerprint density at radius 1 is 1.15 bits per heavy atom. The maximum atomic E-state index is 6.00. The molecule has 1 fully saturated rings. The number of hydrogen-bond donors (Lipinski definition) is 1. The highest BCUT2D eigenvalue weighted by Gasteiger charge is 2.25. The minimum Gasteiger partial charge on any atom is -0.493 e. The van der Waals surface area contributed by atoms with Gasteiger partial charge in [0.05, 0.1) is 14.2 Å². The molecule has 4 nitrogen and oxygen atoms in total. The third-order valence-corrected chi connectivity index (χ3v) is 4.13. The number of ether oxygens (including phenoxy) is 3. The van der Waals surface area contributed by atoms with Crippen LogP contribution in [0.1, 0.15) is 25.7 Å². The average molecular weight is 279 g/mol. The Hall–Kier alpha value is -1.42. The van der Waals surface area contributed by atoms with Crippen LogP contribution >= 0.6 is 0 Å². The number of hydrogen-bond acceptors (Lipinski definition) is 4. The molecule has 1 aliphatic carbocycles. The summed E-state index contributed by atoms with van der Waals surface area (Å²) >= 11 is 0. The van der Waals surface area contributed by atoms with Crippen LogP contribution in [0.3, 0.4) is 0 Å². The Morgan fingerprint density at radius 3 is 2.25 bits per heavy atom. The van der Waals surface area contributed by atoms with Crippen LogP contribution in [0.25, 0.3) is 0 Å². The molecule has 0 saturated heterocycles. The lowest BCUT2D eigenvalue weighted by Crippen LogP contribution is -2.37. The standard InChI is InChI=1S/C16H25NO3/c1-17-13(12-7-4-5-8-12)11-20-16-14(18-2)9-6-10-15(16)19-3/h6,9-10,12-13,17H,4-5,7-8,11H2,1-3H3. The van der Waals surface area contributed by atoms with Gasteiger partial charge in [0.2, 0.25) is 5.75 Å². The van der Waals surface area contributed by atoms with Gasteiger partial charge in [0.25, 0.3) is 0 Å². The molecule has 1 N–H and O–H groups in total. The van der Waals surface area contributed by atoms with Crippen LogP contribution in [0.2, 0.25) is 0 Å². The van der Waals surface area contributed by atoms with E-state index in [-0.39, 0.29) is 0 Å². The van der Waals surface area contributed by atoms with Crippen molar-refractivity contribution >= 4 is 0 Å². The number of likely N-dealkylation sites (N-methyl/N-ethyl adjacent to an activating group) is 1. The zero-order valence-corrected chi connectivity index (χ0v) is 12.6. The Kier molecular flexibility index (Phi) is 5.53. The zero-order chi connectivity index (χ0) is 14.4. The van der Waals surface area contributed by atoms with Crippen LogP contribution in [0.15, 0.2) is 18.2 Å². The summed E-state index contributed by atoms with van der Waals surface area (Å²) in [6.45, 7) is 0.637. The summed E-state index contributed by atoms with van der Waals surface area (Å²) in [7, 11) is 5.30. The summed E-state index contributed by atoms with van der Waals surface area (Å²) in [5.41, 5.74) is 0. The van der Waals surface area contributed by atoms with Gasteiger partial charge in [0.1, 0.15) is 6.61 Å². The third kappa shape index (κ3) is 3.37. The maximum Gasteiger partial charge on any atom is 0.203 e. The van der Waals surface area contributed by atoms with Crippen molar-refractivity contribution in [3.05, 3.63) is 18.2 Å². The van der Waals surface area contributed by atoms with Crippen molar-refractivity contribution in [2.24, 2.45) is 5.92 Å². The zero-order valence-electron chi connectivity index (χ0n) is 12.6.